The fourth-order valence-electron chi connectivity index (χ4n) is 2.79. The van der Waals surface area contributed by atoms with Gasteiger partial charge in [0.05, 0.1) is 12.2 Å². The molecule has 3 N–H and O–H groups in total. The largest absolute Gasteiger partial charge is 0.375 e. The molecular formula is C13H26N2O2. The molecule has 1 aliphatic rings. The van der Waals surface area contributed by atoms with Crippen LogP contribution in [0.4, 0.5) is 0 Å². The molecule has 0 aromatic carbocycles. The van der Waals surface area contributed by atoms with E-state index in [0.717, 1.165) is 31.1 Å². The van der Waals surface area contributed by atoms with Crippen LogP contribution in [0.1, 0.15) is 52.9 Å². The Hall–Kier alpha value is -0.610. The third-order valence-corrected chi connectivity index (χ3v) is 3.50. The number of carbonyl (C=O) groups is 1. The molecule has 1 aliphatic carbocycles. The lowest BCUT2D eigenvalue weighted by atomic mass is 9.81. The van der Waals surface area contributed by atoms with E-state index in [9.17, 15) is 4.79 Å². The number of ether oxygens (including phenoxy) is 1. The van der Waals surface area contributed by atoms with Gasteiger partial charge in [-0.2, -0.15) is 0 Å². The van der Waals surface area contributed by atoms with Crippen molar-refractivity contribution in [1.29, 1.82) is 0 Å². The van der Waals surface area contributed by atoms with Crippen LogP contribution in [0.3, 0.4) is 0 Å². The molecule has 0 heterocycles. The molecule has 3 unspecified atom stereocenters. The minimum atomic E-state index is -0.120. The van der Waals surface area contributed by atoms with Gasteiger partial charge in [-0.15, -0.1) is 0 Å². The molecule has 0 aliphatic heterocycles. The van der Waals surface area contributed by atoms with Crippen LogP contribution in [-0.2, 0) is 9.53 Å². The average Bonchev–Trinajstić information content (AvgIpc) is 2.24. The van der Waals surface area contributed by atoms with Gasteiger partial charge in [0.1, 0.15) is 0 Å². The van der Waals surface area contributed by atoms with E-state index >= 15 is 0 Å². The van der Waals surface area contributed by atoms with Crippen LogP contribution < -0.4 is 11.3 Å². The van der Waals surface area contributed by atoms with Crippen molar-refractivity contribution in [2.24, 2.45) is 17.7 Å². The molecule has 3 atom stereocenters. The van der Waals surface area contributed by atoms with Gasteiger partial charge in [-0.25, -0.2) is 5.84 Å². The standard InChI is InChI=1S/C13H26N2O2/c1-9-6-10(2)8-12(7-9)17-11(3)4-5-13(16)15-14/h9-12H,4-8,14H2,1-3H3,(H,15,16). The molecule has 1 rings (SSSR count). The van der Waals surface area contributed by atoms with Crippen molar-refractivity contribution in [3.05, 3.63) is 0 Å². The Morgan fingerprint density at radius 2 is 1.94 bits per heavy atom. The number of amides is 1. The first kappa shape index (κ1) is 14.5. The van der Waals surface area contributed by atoms with Gasteiger partial charge in [0.2, 0.25) is 5.91 Å². The molecule has 0 bridgehead atoms. The van der Waals surface area contributed by atoms with Gasteiger partial charge in [0, 0.05) is 6.42 Å². The monoisotopic (exact) mass is 242 g/mol. The van der Waals surface area contributed by atoms with Gasteiger partial charge in [0.15, 0.2) is 0 Å². The van der Waals surface area contributed by atoms with Gasteiger partial charge >= 0.3 is 0 Å². The maximum Gasteiger partial charge on any atom is 0.233 e. The summed E-state index contributed by atoms with van der Waals surface area (Å²) in [5, 5.41) is 0. The van der Waals surface area contributed by atoms with Crippen LogP contribution in [0.15, 0.2) is 0 Å². The second-order valence-electron chi connectivity index (χ2n) is 5.59. The quantitative estimate of drug-likeness (QED) is 0.440. The van der Waals surface area contributed by atoms with E-state index < -0.39 is 0 Å². The molecule has 0 saturated heterocycles. The summed E-state index contributed by atoms with van der Waals surface area (Å²) < 4.78 is 6.01. The highest BCUT2D eigenvalue weighted by Crippen LogP contribution is 2.31. The summed E-state index contributed by atoms with van der Waals surface area (Å²) in [6, 6.07) is 0. The van der Waals surface area contributed by atoms with E-state index in [4.69, 9.17) is 10.6 Å². The van der Waals surface area contributed by atoms with Crippen molar-refractivity contribution in [3.63, 3.8) is 0 Å². The van der Waals surface area contributed by atoms with Gasteiger partial charge in [0.25, 0.3) is 0 Å². The lowest BCUT2D eigenvalue weighted by Gasteiger charge is -2.33. The van der Waals surface area contributed by atoms with Crippen LogP contribution in [0, 0.1) is 11.8 Å². The van der Waals surface area contributed by atoms with Gasteiger partial charge in [-0.1, -0.05) is 13.8 Å². The zero-order chi connectivity index (χ0) is 12.8. The lowest BCUT2D eigenvalue weighted by Crippen LogP contribution is -2.32. The van der Waals surface area contributed by atoms with Gasteiger partial charge in [-0.3, -0.25) is 10.2 Å². The predicted octanol–water partition coefficient (Wildman–Crippen LogP) is 1.99. The molecule has 4 heteroatoms. The molecule has 17 heavy (non-hydrogen) atoms. The summed E-state index contributed by atoms with van der Waals surface area (Å²) in [7, 11) is 0. The number of hydrogen-bond donors (Lipinski definition) is 2. The number of carbonyl (C=O) groups excluding carboxylic acids is 1. The van der Waals surface area contributed by atoms with E-state index in [1.54, 1.807) is 0 Å². The van der Waals surface area contributed by atoms with Crippen molar-refractivity contribution < 1.29 is 9.53 Å². The Balaban J connectivity index is 2.25. The molecule has 0 spiro atoms. The van der Waals surface area contributed by atoms with Crippen molar-refractivity contribution >= 4 is 5.91 Å². The second-order valence-corrected chi connectivity index (χ2v) is 5.59. The molecular weight excluding hydrogens is 216 g/mol. The normalized spacial score (nSPS) is 30.9. The van der Waals surface area contributed by atoms with Crippen LogP contribution in [0.25, 0.3) is 0 Å². The first-order chi connectivity index (χ1) is 8.01. The second kappa shape index (κ2) is 6.97. The van der Waals surface area contributed by atoms with Crippen LogP contribution >= 0.6 is 0 Å². The molecule has 0 aromatic heterocycles. The van der Waals surface area contributed by atoms with Crippen molar-refractivity contribution in [2.45, 2.75) is 65.1 Å². The average molecular weight is 242 g/mol. The maximum absolute atomic E-state index is 11.0. The summed E-state index contributed by atoms with van der Waals surface area (Å²) in [5.74, 6) is 6.43. The summed E-state index contributed by atoms with van der Waals surface area (Å²) in [6.07, 6.45) is 5.29. The Labute approximate surface area is 104 Å². The van der Waals surface area contributed by atoms with E-state index in [1.165, 1.54) is 6.42 Å². The van der Waals surface area contributed by atoms with Crippen LogP contribution in [0.2, 0.25) is 0 Å². The molecule has 1 amide bonds. The third kappa shape index (κ3) is 5.50. The molecule has 1 fully saturated rings. The summed E-state index contributed by atoms with van der Waals surface area (Å²) >= 11 is 0. The third-order valence-electron chi connectivity index (χ3n) is 3.50. The fourth-order valence-corrected chi connectivity index (χ4v) is 2.79. The number of nitrogens with two attached hydrogens (primary N) is 1. The van der Waals surface area contributed by atoms with Gasteiger partial charge in [-0.05, 0) is 44.4 Å². The molecule has 0 aromatic rings. The zero-order valence-electron chi connectivity index (χ0n) is 11.2. The van der Waals surface area contributed by atoms with Crippen molar-refractivity contribution in [2.75, 3.05) is 0 Å². The molecule has 0 radical (unpaired) electrons. The highest BCUT2D eigenvalue weighted by Gasteiger charge is 2.25. The van der Waals surface area contributed by atoms with E-state index in [0.29, 0.717) is 12.5 Å². The molecule has 4 nitrogen and oxygen atoms in total. The highest BCUT2D eigenvalue weighted by molar-refractivity contribution is 5.75. The summed E-state index contributed by atoms with van der Waals surface area (Å²) in [4.78, 5) is 11.0. The lowest BCUT2D eigenvalue weighted by molar-refractivity contribution is -0.122. The predicted molar refractivity (Wildman–Crippen MR) is 68.1 cm³/mol. The molecule has 100 valence electrons. The smallest absolute Gasteiger partial charge is 0.233 e. The maximum atomic E-state index is 11.0. The first-order valence-electron chi connectivity index (χ1n) is 6.66. The minimum Gasteiger partial charge on any atom is -0.375 e. The SMILES string of the molecule is CC1CC(C)CC(OC(C)CCC(=O)NN)C1. The van der Waals surface area contributed by atoms with Crippen LogP contribution in [-0.4, -0.2) is 18.1 Å². The Kier molecular flexibility index (Phi) is 5.92. The summed E-state index contributed by atoms with van der Waals surface area (Å²) in [6.45, 7) is 6.62. The van der Waals surface area contributed by atoms with Crippen LogP contribution in [0.5, 0.6) is 0 Å². The Bertz CT molecular complexity index is 236. The van der Waals surface area contributed by atoms with E-state index in [-0.39, 0.29) is 12.0 Å². The Morgan fingerprint density at radius 3 is 2.47 bits per heavy atom. The highest BCUT2D eigenvalue weighted by atomic mass is 16.5. The fraction of sp³-hybridized carbons (Fsp3) is 0.923. The zero-order valence-corrected chi connectivity index (χ0v) is 11.2. The number of nitrogens with one attached hydrogen (secondary N) is 1. The number of hydrazine groups is 1. The van der Waals surface area contributed by atoms with E-state index in [2.05, 4.69) is 19.3 Å². The Morgan fingerprint density at radius 1 is 1.35 bits per heavy atom. The van der Waals surface area contributed by atoms with Gasteiger partial charge < -0.3 is 4.74 Å². The van der Waals surface area contributed by atoms with Crippen molar-refractivity contribution in [3.8, 4) is 0 Å². The number of rotatable bonds is 5. The molecule has 1 saturated carbocycles. The minimum absolute atomic E-state index is 0.120. The number of hydrogen-bond acceptors (Lipinski definition) is 3. The first-order valence-corrected chi connectivity index (χ1v) is 6.66. The van der Waals surface area contributed by atoms with E-state index in [1.807, 2.05) is 6.92 Å². The topological polar surface area (TPSA) is 64.3 Å². The van der Waals surface area contributed by atoms with Crippen molar-refractivity contribution in [1.82, 2.24) is 5.43 Å². The summed E-state index contributed by atoms with van der Waals surface area (Å²) in [5.41, 5.74) is 2.14.